The number of carbonyl (C=O) groups excluding carboxylic acids is 1. The predicted molar refractivity (Wildman–Crippen MR) is 149 cm³/mol. The van der Waals surface area contributed by atoms with E-state index in [-0.39, 0.29) is 6.09 Å². The number of ether oxygens (including phenoxy) is 2. The van der Waals surface area contributed by atoms with E-state index in [9.17, 15) is 4.79 Å². The topological polar surface area (TPSA) is 108 Å². The van der Waals surface area contributed by atoms with Crippen LogP contribution in [0, 0.1) is 5.92 Å². The van der Waals surface area contributed by atoms with E-state index in [1.165, 1.54) is 0 Å². The number of likely N-dealkylation sites (tertiary alicyclic amines) is 1. The van der Waals surface area contributed by atoms with Gasteiger partial charge in [-0.2, -0.15) is 0 Å². The molecule has 0 atom stereocenters. The number of aromatic nitrogens is 4. The molecule has 5 rings (SSSR count). The SMILES string of the molecule is CCOCc1nc2c(N)nc3cc(-c4cccnc4)ccc3c2n1CC1CCN(C(=O)OC(C)(C)C)CC1. The largest absolute Gasteiger partial charge is 0.444 e. The Morgan fingerprint density at radius 1 is 1.13 bits per heavy atom. The summed E-state index contributed by atoms with van der Waals surface area (Å²) in [7, 11) is 0. The summed E-state index contributed by atoms with van der Waals surface area (Å²) in [4.78, 5) is 28.2. The minimum absolute atomic E-state index is 0.240. The Bertz CT molecular complexity index is 1440. The number of imidazole rings is 1. The van der Waals surface area contributed by atoms with E-state index in [0.29, 0.717) is 43.6 Å². The van der Waals surface area contributed by atoms with Crippen molar-refractivity contribution in [2.75, 3.05) is 25.4 Å². The number of piperidine rings is 1. The van der Waals surface area contributed by atoms with Gasteiger partial charge < -0.3 is 24.7 Å². The standard InChI is InChI=1S/C29H36N6O3/c1-5-37-18-24-33-25-26(35(24)17-19-10-13-34(14-11-19)28(36)38-29(2,3)4)22-9-8-20(15-23(22)32-27(25)30)21-7-6-12-31-16-21/h6-9,12,15-16,19H,5,10-11,13-14,17-18H2,1-4H3,(H2,30,32). The lowest BCUT2D eigenvalue weighted by molar-refractivity contribution is 0.0177. The van der Waals surface area contributed by atoms with E-state index in [0.717, 1.165) is 52.8 Å². The van der Waals surface area contributed by atoms with Crippen LogP contribution in [-0.4, -0.2) is 55.8 Å². The van der Waals surface area contributed by atoms with Gasteiger partial charge in [-0.15, -0.1) is 0 Å². The molecule has 1 saturated heterocycles. The van der Waals surface area contributed by atoms with Crippen molar-refractivity contribution < 1.29 is 14.3 Å². The Balaban J connectivity index is 1.48. The first-order valence-corrected chi connectivity index (χ1v) is 13.3. The molecule has 0 spiro atoms. The summed E-state index contributed by atoms with van der Waals surface area (Å²) >= 11 is 0. The molecular formula is C29H36N6O3. The van der Waals surface area contributed by atoms with Crippen LogP contribution in [0.1, 0.15) is 46.4 Å². The number of fused-ring (bicyclic) bond motifs is 3. The zero-order valence-electron chi connectivity index (χ0n) is 22.6. The Kier molecular flexibility index (Phi) is 7.21. The van der Waals surface area contributed by atoms with E-state index in [2.05, 4.69) is 27.8 Å². The Morgan fingerprint density at radius 2 is 1.92 bits per heavy atom. The Morgan fingerprint density at radius 3 is 2.61 bits per heavy atom. The maximum absolute atomic E-state index is 12.5. The lowest BCUT2D eigenvalue weighted by atomic mass is 9.96. The van der Waals surface area contributed by atoms with Crippen molar-refractivity contribution in [3.05, 3.63) is 48.5 Å². The van der Waals surface area contributed by atoms with E-state index >= 15 is 0 Å². The van der Waals surface area contributed by atoms with Crippen LogP contribution in [0.25, 0.3) is 33.1 Å². The summed E-state index contributed by atoms with van der Waals surface area (Å²) in [5.74, 6) is 1.63. The number of pyridine rings is 2. The summed E-state index contributed by atoms with van der Waals surface area (Å²) in [5, 5.41) is 1.00. The summed E-state index contributed by atoms with van der Waals surface area (Å²) in [6.45, 7) is 10.8. The maximum Gasteiger partial charge on any atom is 0.410 e. The first kappa shape index (κ1) is 25.9. The Hall–Kier alpha value is -3.72. The number of nitrogen functional groups attached to an aromatic ring is 1. The molecule has 0 saturated carbocycles. The molecular weight excluding hydrogens is 480 g/mol. The van der Waals surface area contributed by atoms with Crippen LogP contribution in [-0.2, 0) is 22.6 Å². The van der Waals surface area contributed by atoms with Gasteiger partial charge >= 0.3 is 6.09 Å². The highest BCUT2D eigenvalue weighted by Crippen LogP contribution is 2.33. The van der Waals surface area contributed by atoms with Gasteiger partial charge in [0, 0.05) is 49.6 Å². The normalized spacial score (nSPS) is 14.9. The fraction of sp³-hybridized carbons (Fsp3) is 0.448. The van der Waals surface area contributed by atoms with Crippen molar-refractivity contribution in [3.63, 3.8) is 0 Å². The van der Waals surface area contributed by atoms with E-state index < -0.39 is 5.60 Å². The fourth-order valence-electron chi connectivity index (χ4n) is 5.05. The molecule has 1 aromatic carbocycles. The summed E-state index contributed by atoms with van der Waals surface area (Å²) in [6.07, 6.45) is 5.14. The van der Waals surface area contributed by atoms with Crippen molar-refractivity contribution in [1.29, 1.82) is 0 Å². The number of nitrogens with zero attached hydrogens (tertiary/aromatic N) is 5. The third kappa shape index (κ3) is 5.43. The van der Waals surface area contributed by atoms with Gasteiger partial charge in [0.05, 0.1) is 11.0 Å². The minimum atomic E-state index is -0.496. The van der Waals surface area contributed by atoms with Gasteiger partial charge in [0.15, 0.2) is 5.82 Å². The highest BCUT2D eigenvalue weighted by Gasteiger charge is 2.28. The lowest BCUT2D eigenvalue weighted by Gasteiger charge is -2.33. The van der Waals surface area contributed by atoms with Crippen molar-refractivity contribution in [3.8, 4) is 11.1 Å². The molecule has 1 aliphatic rings. The molecule has 2 N–H and O–H groups in total. The van der Waals surface area contributed by atoms with Crippen molar-refractivity contribution in [1.82, 2.24) is 24.4 Å². The molecule has 38 heavy (non-hydrogen) atoms. The van der Waals surface area contributed by atoms with Gasteiger partial charge in [0.2, 0.25) is 0 Å². The number of hydrogen-bond donors (Lipinski definition) is 1. The Labute approximate surface area is 223 Å². The molecule has 1 aliphatic heterocycles. The van der Waals surface area contributed by atoms with Crippen molar-refractivity contribution in [2.24, 2.45) is 5.92 Å². The molecule has 1 fully saturated rings. The molecule has 200 valence electrons. The van der Waals surface area contributed by atoms with Crippen LogP contribution in [0.15, 0.2) is 42.7 Å². The second kappa shape index (κ2) is 10.6. The molecule has 1 amide bonds. The molecule has 4 heterocycles. The first-order valence-electron chi connectivity index (χ1n) is 13.3. The van der Waals surface area contributed by atoms with E-state index in [1.54, 1.807) is 6.20 Å². The summed E-state index contributed by atoms with van der Waals surface area (Å²) in [5.41, 5.74) is 10.5. The monoisotopic (exact) mass is 516 g/mol. The lowest BCUT2D eigenvalue weighted by Crippen LogP contribution is -2.42. The third-order valence-electron chi connectivity index (χ3n) is 6.92. The van der Waals surface area contributed by atoms with Gasteiger partial charge in [-0.3, -0.25) is 4.98 Å². The molecule has 0 aliphatic carbocycles. The van der Waals surface area contributed by atoms with Crippen molar-refractivity contribution >= 4 is 33.8 Å². The van der Waals surface area contributed by atoms with E-state index in [4.69, 9.17) is 25.2 Å². The molecule has 0 radical (unpaired) electrons. The first-order chi connectivity index (χ1) is 18.2. The van der Waals surface area contributed by atoms with Gasteiger partial charge in [-0.05, 0) is 64.2 Å². The molecule has 0 bridgehead atoms. The van der Waals surface area contributed by atoms with Gasteiger partial charge in [0.1, 0.15) is 23.5 Å². The molecule has 0 unspecified atom stereocenters. The fourth-order valence-corrected chi connectivity index (χ4v) is 5.05. The number of rotatable bonds is 6. The van der Waals surface area contributed by atoms with Crippen LogP contribution in [0.3, 0.4) is 0 Å². The highest BCUT2D eigenvalue weighted by atomic mass is 16.6. The average molecular weight is 517 g/mol. The van der Waals surface area contributed by atoms with Crippen LogP contribution in [0.4, 0.5) is 10.6 Å². The number of nitrogens with two attached hydrogens (primary N) is 1. The third-order valence-corrected chi connectivity index (χ3v) is 6.92. The summed E-state index contributed by atoms with van der Waals surface area (Å²) in [6, 6.07) is 10.2. The molecule has 4 aromatic rings. The zero-order valence-corrected chi connectivity index (χ0v) is 22.6. The van der Waals surface area contributed by atoms with Crippen LogP contribution in [0.5, 0.6) is 0 Å². The number of carbonyl (C=O) groups is 1. The highest BCUT2D eigenvalue weighted by molar-refractivity contribution is 6.07. The van der Waals surface area contributed by atoms with Gasteiger partial charge in [-0.1, -0.05) is 18.2 Å². The maximum atomic E-state index is 12.5. The zero-order chi connectivity index (χ0) is 26.9. The van der Waals surface area contributed by atoms with Crippen LogP contribution < -0.4 is 5.73 Å². The minimum Gasteiger partial charge on any atom is -0.444 e. The molecule has 9 heteroatoms. The second-order valence-corrected chi connectivity index (χ2v) is 10.9. The predicted octanol–water partition coefficient (Wildman–Crippen LogP) is 5.41. The van der Waals surface area contributed by atoms with Crippen LogP contribution >= 0.6 is 0 Å². The number of anilines is 1. The van der Waals surface area contributed by atoms with Gasteiger partial charge in [-0.25, -0.2) is 14.8 Å². The molecule has 9 nitrogen and oxygen atoms in total. The quantitative estimate of drug-likeness (QED) is 0.365. The van der Waals surface area contributed by atoms with E-state index in [1.807, 2.05) is 50.9 Å². The van der Waals surface area contributed by atoms with Gasteiger partial charge in [0.25, 0.3) is 0 Å². The smallest absolute Gasteiger partial charge is 0.410 e. The van der Waals surface area contributed by atoms with Crippen LogP contribution in [0.2, 0.25) is 0 Å². The average Bonchev–Trinajstić information content (AvgIpc) is 3.26. The number of amides is 1. The van der Waals surface area contributed by atoms with Crippen molar-refractivity contribution in [2.45, 2.75) is 59.3 Å². The number of hydrogen-bond acceptors (Lipinski definition) is 7. The second-order valence-electron chi connectivity index (χ2n) is 10.9. The summed E-state index contributed by atoms with van der Waals surface area (Å²) < 4.78 is 13.6. The number of benzene rings is 1. The molecule has 3 aromatic heterocycles.